The van der Waals surface area contributed by atoms with Crippen LogP contribution in [0.2, 0.25) is 0 Å². The van der Waals surface area contributed by atoms with Gasteiger partial charge in [-0.1, -0.05) is 0 Å². The summed E-state index contributed by atoms with van der Waals surface area (Å²) in [5.41, 5.74) is -3.60. The highest BCUT2D eigenvalue weighted by atomic mass is 19.4. The lowest BCUT2D eigenvalue weighted by atomic mass is 10.1. The third-order valence-electron chi connectivity index (χ3n) is 5.84. The summed E-state index contributed by atoms with van der Waals surface area (Å²) in [5.74, 6) is -6.24. The van der Waals surface area contributed by atoms with E-state index in [1.165, 1.54) is 6.92 Å². The maximum Gasteiger partial charge on any atom is 0.416 e. The largest absolute Gasteiger partial charge is 0.416 e. The molecule has 0 saturated carbocycles. The van der Waals surface area contributed by atoms with Crippen LogP contribution in [-0.2, 0) is 6.18 Å². The monoisotopic (exact) mass is 542 g/mol. The van der Waals surface area contributed by atoms with Gasteiger partial charge in [-0.05, 0) is 24.6 Å². The highest BCUT2D eigenvalue weighted by Crippen LogP contribution is 2.36. The molecule has 0 aliphatic carbocycles. The van der Waals surface area contributed by atoms with Crippen LogP contribution in [0.1, 0.15) is 11.1 Å². The first-order valence-electron chi connectivity index (χ1n) is 10.7. The average molecular weight is 542 g/mol. The molecule has 17 heteroatoms. The van der Waals surface area contributed by atoms with Crippen molar-refractivity contribution in [3.05, 3.63) is 47.1 Å². The third-order valence-corrected chi connectivity index (χ3v) is 5.84. The molecule has 0 fully saturated rings. The number of hydrogen-bond donors (Lipinski definition) is 0. The molecular formula is C22H5F7N10. The number of aryl methyl sites for hydroxylation is 1. The lowest BCUT2D eigenvalue weighted by Crippen LogP contribution is -2.07. The number of halogens is 7. The third kappa shape index (κ3) is 3.35. The van der Waals surface area contributed by atoms with Crippen LogP contribution in [0.25, 0.3) is 66.7 Å². The first-order valence-corrected chi connectivity index (χ1v) is 10.7. The molecular weight excluding hydrogens is 537 g/mol. The van der Waals surface area contributed by atoms with E-state index in [2.05, 4.69) is 49.8 Å². The number of nitrogens with zero attached hydrogens (tertiary/aromatic N) is 10. The van der Waals surface area contributed by atoms with E-state index in [0.29, 0.717) is 0 Å². The van der Waals surface area contributed by atoms with Crippen molar-refractivity contribution in [1.29, 1.82) is 0 Å². The summed E-state index contributed by atoms with van der Waals surface area (Å²) in [6.45, 7) is 1.40. The van der Waals surface area contributed by atoms with Crippen LogP contribution in [0.5, 0.6) is 0 Å². The Morgan fingerprint density at radius 2 is 0.821 bits per heavy atom. The maximum absolute atomic E-state index is 13.8. The molecule has 192 valence electrons. The van der Waals surface area contributed by atoms with Gasteiger partial charge in [-0.2, -0.15) is 50.7 Å². The molecule has 0 radical (unpaired) electrons. The van der Waals surface area contributed by atoms with Crippen molar-refractivity contribution in [3.63, 3.8) is 0 Å². The molecule has 0 amide bonds. The standard InChI is InChI=1S/C22H5F7N10/c1-4-2-5(22(27,28)29)3-6-7(4)31-9-8(30-6)10-12(34-20-18(32-10)36-14(23)16(25)38-20)13-11(9)33-19-21(35-13)39-17(26)15(24)37-19/h2-3H,1H3. The van der Waals surface area contributed by atoms with Gasteiger partial charge in [0, 0.05) is 0 Å². The van der Waals surface area contributed by atoms with E-state index in [-0.39, 0.29) is 49.7 Å². The van der Waals surface area contributed by atoms with Gasteiger partial charge < -0.3 is 0 Å². The minimum absolute atomic E-state index is 0.0658. The van der Waals surface area contributed by atoms with Gasteiger partial charge in [0.1, 0.15) is 33.1 Å². The number of benzene rings is 2. The Hall–Kier alpha value is -5.09. The van der Waals surface area contributed by atoms with Crippen LogP contribution in [0.4, 0.5) is 30.7 Å². The second-order valence-corrected chi connectivity index (χ2v) is 8.33. The zero-order valence-corrected chi connectivity index (χ0v) is 18.8. The predicted molar refractivity (Wildman–Crippen MR) is 119 cm³/mol. The van der Waals surface area contributed by atoms with Crippen LogP contribution in [0, 0.1) is 30.7 Å². The van der Waals surface area contributed by atoms with Gasteiger partial charge in [-0.3, -0.25) is 0 Å². The Morgan fingerprint density at radius 1 is 0.462 bits per heavy atom. The van der Waals surface area contributed by atoms with Crippen LogP contribution in [-0.4, -0.2) is 49.8 Å². The Kier molecular flexibility index (Phi) is 4.43. The number of rotatable bonds is 0. The summed E-state index contributed by atoms with van der Waals surface area (Å²) in [4.78, 5) is 39.0. The summed E-state index contributed by atoms with van der Waals surface area (Å²) in [7, 11) is 0. The molecule has 7 aromatic rings. The fourth-order valence-corrected chi connectivity index (χ4v) is 4.18. The van der Waals surface area contributed by atoms with Crippen molar-refractivity contribution in [2.75, 3.05) is 0 Å². The van der Waals surface area contributed by atoms with E-state index in [1.54, 1.807) is 0 Å². The van der Waals surface area contributed by atoms with E-state index in [9.17, 15) is 30.7 Å². The predicted octanol–water partition coefficient (Wildman–Crippen LogP) is 4.44. The molecule has 0 saturated heterocycles. The highest BCUT2D eigenvalue weighted by molar-refractivity contribution is 6.20. The quantitative estimate of drug-likeness (QED) is 0.154. The van der Waals surface area contributed by atoms with Crippen molar-refractivity contribution >= 4 is 66.7 Å². The molecule has 10 nitrogen and oxygen atoms in total. The van der Waals surface area contributed by atoms with Crippen LogP contribution in [0.15, 0.2) is 12.1 Å². The van der Waals surface area contributed by atoms with E-state index in [4.69, 9.17) is 0 Å². The number of hydrogen-bond acceptors (Lipinski definition) is 10. The van der Waals surface area contributed by atoms with Gasteiger partial charge in [0.2, 0.25) is 22.6 Å². The minimum atomic E-state index is -4.68. The lowest BCUT2D eigenvalue weighted by Gasteiger charge is -2.12. The van der Waals surface area contributed by atoms with Gasteiger partial charge in [0.15, 0.2) is 0 Å². The van der Waals surface area contributed by atoms with Gasteiger partial charge in [-0.15, -0.1) is 0 Å². The summed E-state index contributed by atoms with van der Waals surface area (Å²) in [6.07, 6.45) is -4.68. The van der Waals surface area contributed by atoms with Gasteiger partial charge in [-0.25, -0.2) is 29.9 Å². The molecule has 5 heterocycles. The van der Waals surface area contributed by atoms with Crippen molar-refractivity contribution < 1.29 is 30.7 Å². The first-order chi connectivity index (χ1) is 18.5. The molecule has 0 aliphatic heterocycles. The van der Waals surface area contributed by atoms with Gasteiger partial charge in [0.25, 0.3) is 23.8 Å². The maximum atomic E-state index is 13.8. The SMILES string of the molecule is Cc1cc(C(F)(F)F)cc2nc3c4nc5nc(F)c(F)nc5nc4c4nc5nc(F)c(F)nc5nc4c3nc12. The molecule has 0 bridgehead atoms. The van der Waals surface area contributed by atoms with Crippen LogP contribution >= 0.6 is 0 Å². The second kappa shape index (κ2) is 7.49. The van der Waals surface area contributed by atoms with E-state index < -0.39 is 58.1 Å². The fourth-order valence-electron chi connectivity index (χ4n) is 4.18. The zero-order chi connectivity index (χ0) is 27.4. The summed E-state index contributed by atoms with van der Waals surface area (Å²) < 4.78 is 95.7. The number of fused-ring (bicyclic) bond motifs is 9. The number of aromatic nitrogens is 10. The smallest absolute Gasteiger partial charge is 0.242 e. The Balaban J connectivity index is 1.73. The average Bonchev–Trinajstić information content (AvgIpc) is 2.87. The molecule has 7 rings (SSSR count). The lowest BCUT2D eigenvalue weighted by molar-refractivity contribution is -0.137. The van der Waals surface area contributed by atoms with Crippen LogP contribution in [0.3, 0.4) is 0 Å². The molecule has 0 unspecified atom stereocenters. The van der Waals surface area contributed by atoms with Crippen molar-refractivity contribution in [2.24, 2.45) is 0 Å². The Labute approximate surface area is 208 Å². The molecule has 0 N–H and O–H groups in total. The first kappa shape index (κ1) is 23.1. The Bertz CT molecular complexity index is 2240. The fraction of sp³-hybridized carbons (Fsp3) is 0.0909. The second-order valence-electron chi connectivity index (χ2n) is 8.33. The van der Waals surface area contributed by atoms with Gasteiger partial charge >= 0.3 is 6.18 Å². The van der Waals surface area contributed by atoms with Crippen LogP contribution < -0.4 is 0 Å². The Morgan fingerprint density at radius 3 is 1.21 bits per heavy atom. The molecule has 0 spiro atoms. The molecule has 2 aromatic carbocycles. The van der Waals surface area contributed by atoms with E-state index in [1.807, 2.05) is 0 Å². The summed E-state index contributed by atoms with van der Waals surface area (Å²) in [6, 6.07) is 1.67. The van der Waals surface area contributed by atoms with Crippen molar-refractivity contribution in [2.45, 2.75) is 13.1 Å². The topological polar surface area (TPSA) is 129 Å². The highest BCUT2D eigenvalue weighted by Gasteiger charge is 2.32. The number of alkyl halides is 3. The minimum Gasteiger partial charge on any atom is -0.242 e. The molecule has 0 atom stereocenters. The molecule has 5 aromatic heterocycles. The molecule has 39 heavy (non-hydrogen) atoms. The van der Waals surface area contributed by atoms with E-state index >= 15 is 0 Å². The summed E-state index contributed by atoms with van der Waals surface area (Å²) >= 11 is 0. The normalized spacial score (nSPS) is 12.6. The molecule has 0 aliphatic rings. The zero-order valence-electron chi connectivity index (χ0n) is 18.8. The van der Waals surface area contributed by atoms with Gasteiger partial charge in [0.05, 0.1) is 16.6 Å². The van der Waals surface area contributed by atoms with E-state index in [0.717, 1.165) is 12.1 Å². The van der Waals surface area contributed by atoms with Crippen molar-refractivity contribution in [3.8, 4) is 0 Å². The summed E-state index contributed by atoms with van der Waals surface area (Å²) in [5, 5.41) is 0. The van der Waals surface area contributed by atoms with Crippen molar-refractivity contribution in [1.82, 2.24) is 49.8 Å².